The molecule has 0 aromatic heterocycles. The number of unbranched alkanes of at least 4 members (excludes halogenated alkanes) is 1. The number of aliphatic hydroxyl groups excluding tert-OH is 1. The van der Waals surface area contributed by atoms with Crippen LogP contribution in [-0.4, -0.2) is 79.8 Å². The summed E-state index contributed by atoms with van der Waals surface area (Å²) in [6, 6.07) is 3.34. The molecule has 0 aliphatic carbocycles. The van der Waals surface area contributed by atoms with Crippen molar-refractivity contribution in [3.8, 4) is 5.75 Å². The van der Waals surface area contributed by atoms with Crippen LogP contribution in [-0.2, 0) is 0 Å². The van der Waals surface area contributed by atoms with Crippen molar-refractivity contribution >= 4 is 23.2 Å². The standard InChI is InChI=1S/C23H37ClN4O3/c1-31-22-15-21(25)20(24)14-19(22)23(30)26-18-6-11-28(12-7-18)16-17-4-9-27(10-5-17)8-2-3-13-29/h14-15,17-18,29H,2-13,16,25H2,1H3,(H,26,30). The van der Waals surface area contributed by atoms with Crippen molar-refractivity contribution < 1.29 is 14.6 Å². The minimum absolute atomic E-state index is 0.161. The van der Waals surface area contributed by atoms with Gasteiger partial charge in [-0.1, -0.05) is 11.6 Å². The minimum Gasteiger partial charge on any atom is -0.496 e. The van der Waals surface area contributed by atoms with Crippen molar-refractivity contribution in [2.45, 2.75) is 44.6 Å². The summed E-state index contributed by atoms with van der Waals surface area (Å²) in [6.07, 6.45) is 6.42. The first-order chi connectivity index (χ1) is 15.0. The molecule has 174 valence electrons. The molecule has 0 radical (unpaired) electrons. The molecule has 2 fully saturated rings. The number of methoxy groups -OCH3 is 1. The number of nitrogens with zero attached hydrogens (tertiary/aromatic N) is 2. The zero-order valence-electron chi connectivity index (χ0n) is 18.6. The average molecular weight is 453 g/mol. The van der Waals surface area contributed by atoms with E-state index in [1.807, 2.05) is 0 Å². The molecular weight excluding hydrogens is 416 g/mol. The molecule has 0 atom stereocenters. The number of ether oxygens (including phenoxy) is 1. The van der Waals surface area contributed by atoms with E-state index in [0.717, 1.165) is 57.8 Å². The summed E-state index contributed by atoms with van der Waals surface area (Å²) in [5.74, 6) is 1.05. The third-order valence-electron chi connectivity index (χ3n) is 6.59. The highest BCUT2D eigenvalue weighted by molar-refractivity contribution is 6.33. The first-order valence-electron chi connectivity index (χ1n) is 11.5. The Kier molecular flexibility index (Phi) is 9.26. The summed E-state index contributed by atoms with van der Waals surface area (Å²) in [7, 11) is 1.53. The molecule has 0 unspecified atom stereocenters. The van der Waals surface area contributed by atoms with Crippen LogP contribution >= 0.6 is 11.6 Å². The number of aliphatic hydroxyl groups is 1. The maximum Gasteiger partial charge on any atom is 0.255 e. The fraction of sp³-hybridized carbons (Fsp3) is 0.696. The van der Waals surface area contributed by atoms with E-state index < -0.39 is 0 Å². The molecule has 7 nitrogen and oxygen atoms in total. The molecule has 2 aliphatic rings. The summed E-state index contributed by atoms with van der Waals surface area (Å²) in [6.45, 7) is 6.95. The lowest BCUT2D eigenvalue weighted by molar-refractivity contribution is 0.0887. The number of anilines is 1. The highest BCUT2D eigenvalue weighted by Crippen LogP contribution is 2.29. The summed E-state index contributed by atoms with van der Waals surface area (Å²) in [4.78, 5) is 17.8. The molecular formula is C23H37ClN4O3. The quantitative estimate of drug-likeness (QED) is 0.394. The lowest BCUT2D eigenvalue weighted by Crippen LogP contribution is -2.47. The van der Waals surface area contributed by atoms with E-state index in [4.69, 9.17) is 27.2 Å². The molecule has 1 aromatic carbocycles. The number of halogens is 1. The van der Waals surface area contributed by atoms with Crippen molar-refractivity contribution in [2.24, 2.45) is 5.92 Å². The molecule has 1 amide bonds. The number of hydrogen-bond donors (Lipinski definition) is 3. The summed E-state index contributed by atoms with van der Waals surface area (Å²) < 4.78 is 5.31. The van der Waals surface area contributed by atoms with Gasteiger partial charge in [0, 0.05) is 38.3 Å². The van der Waals surface area contributed by atoms with Gasteiger partial charge in [0.25, 0.3) is 5.91 Å². The van der Waals surface area contributed by atoms with Gasteiger partial charge in [-0.15, -0.1) is 0 Å². The van der Waals surface area contributed by atoms with E-state index in [1.54, 1.807) is 12.1 Å². The van der Waals surface area contributed by atoms with Crippen LogP contribution in [0.5, 0.6) is 5.75 Å². The van der Waals surface area contributed by atoms with Crippen LogP contribution in [0.3, 0.4) is 0 Å². The Bertz CT molecular complexity index is 717. The van der Waals surface area contributed by atoms with Crippen LogP contribution in [0, 0.1) is 5.92 Å². The zero-order valence-corrected chi connectivity index (χ0v) is 19.4. The average Bonchev–Trinajstić information content (AvgIpc) is 2.78. The van der Waals surface area contributed by atoms with Gasteiger partial charge in [0.05, 0.1) is 23.4 Å². The Balaban J connectivity index is 1.39. The fourth-order valence-corrected chi connectivity index (χ4v) is 4.81. The van der Waals surface area contributed by atoms with Gasteiger partial charge in [-0.2, -0.15) is 0 Å². The molecule has 3 rings (SSSR count). The van der Waals surface area contributed by atoms with Gasteiger partial charge in [-0.05, 0) is 70.1 Å². The number of piperidine rings is 2. The van der Waals surface area contributed by atoms with Crippen molar-refractivity contribution in [3.05, 3.63) is 22.7 Å². The first kappa shape index (κ1) is 24.1. The number of nitrogens with one attached hydrogen (secondary N) is 1. The number of amides is 1. The number of carbonyl (C=O) groups excluding carboxylic acids is 1. The van der Waals surface area contributed by atoms with Gasteiger partial charge in [0.15, 0.2) is 0 Å². The number of rotatable bonds is 9. The lowest BCUT2D eigenvalue weighted by Gasteiger charge is -2.37. The molecule has 0 spiro atoms. The van der Waals surface area contributed by atoms with Gasteiger partial charge < -0.3 is 30.7 Å². The molecule has 2 aliphatic heterocycles. The predicted molar refractivity (Wildman–Crippen MR) is 125 cm³/mol. The Morgan fingerprint density at radius 1 is 1.16 bits per heavy atom. The maximum absolute atomic E-state index is 12.8. The number of likely N-dealkylation sites (tertiary alicyclic amines) is 2. The SMILES string of the molecule is COc1cc(N)c(Cl)cc1C(=O)NC1CCN(CC2CCN(CCCCO)CC2)CC1. The molecule has 2 saturated heterocycles. The lowest BCUT2D eigenvalue weighted by atomic mass is 9.94. The van der Waals surface area contributed by atoms with E-state index in [-0.39, 0.29) is 11.9 Å². The van der Waals surface area contributed by atoms with E-state index in [0.29, 0.717) is 28.6 Å². The van der Waals surface area contributed by atoms with Gasteiger partial charge in [-0.25, -0.2) is 0 Å². The summed E-state index contributed by atoms with van der Waals surface area (Å²) in [5, 5.41) is 12.4. The number of nitrogen functional groups attached to an aromatic ring is 1. The van der Waals surface area contributed by atoms with Crippen molar-refractivity contribution in [1.29, 1.82) is 0 Å². The van der Waals surface area contributed by atoms with E-state index in [9.17, 15) is 4.79 Å². The van der Waals surface area contributed by atoms with Crippen LogP contribution in [0.25, 0.3) is 0 Å². The van der Waals surface area contributed by atoms with Gasteiger partial charge in [-0.3, -0.25) is 4.79 Å². The normalized spacial score (nSPS) is 19.5. The largest absolute Gasteiger partial charge is 0.496 e. The molecule has 0 saturated carbocycles. The second kappa shape index (κ2) is 11.9. The van der Waals surface area contributed by atoms with Crippen LogP contribution in [0.2, 0.25) is 5.02 Å². The Morgan fingerprint density at radius 3 is 2.48 bits per heavy atom. The topological polar surface area (TPSA) is 91.1 Å². The second-order valence-electron chi connectivity index (χ2n) is 8.84. The van der Waals surface area contributed by atoms with Crippen LogP contribution in [0.15, 0.2) is 12.1 Å². The van der Waals surface area contributed by atoms with E-state index in [1.165, 1.54) is 33.0 Å². The zero-order chi connectivity index (χ0) is 22.2. The van der Waals surface area contributed by atoms with Gasteiger partial charge in [0.2, 0.25) is 0 Å². The summed E-state index contributed by atoms with van der Waals surface area (Å²) >= 11 is 6.10. The Hall–Kier alpha value is -1.54. The molecule has 31 heavy (non-hydrogen) atoms. The third kappa shape index (κ3) is 6.97. The highest BCUT2D eigenvalue weighted by Gasteiger charge is 2.26. The van der Waals surface area contributed by atoms with E-state index >= 15 is 0 Å². The molecule has 2 heterocycles. The minimum atomic E-state index is -0.161. The fourth-order valence-electron chi connectivity index (χ4n) is 4.64. The van der Waals surface area contributed by atoms with Crippen LogP contribution in [0.4, 0.5) is 5.69 Å². The van der Waals surface area contributed by atoms with E-state index in [2.05, 4.69) is 15.1 Å². The van der Waals surface area contributed by atoms with Gasteiger partial charge >= 0.3 is 0 Å². The van der Waals surface area contributed by atoms with Gasteiger partial charge in [0.1, 0.15) is 5.75 Å². The smallest absolute Gasteiger partial charge is 0.255 e. The number of hydrogen-bond acceptors (Lipinski definition) is 6. The van der Waals surface area contributed by atoms with Crippen molar-refractivity contribution in [1.82, 2.24) is 15.1 Å². The molecule has 8 heteroatoms. The van der Waals surface area contributed by atoms with Crippen molar-refractivity contribution in [2.75, 3.05) is 58.7 Å². The number of nitrogens with two attached hydrogens (primary N) is 1. The maximum atomic E-state index is 12.8. The monoisotopic (exact) mass is 452 g/mol. The summed E-state index contributed by atoms with van der Waals surface area (Å²) in [5.41, 5.74) is 6.64. The molecule has 1 aromatic rings. The Labute approximate surface area is 190 Å². The number of benzene rings is 1. The highest BCUT2D eigenvalue weighted by atomic mass is 35.5. The Morgan fingerprint density at radius 2 is 1.84 bits per heavy atom. The second-order valence-corrected chi connectivity index (χ2v) is 9.25. The molecule has 4 N–H and O–H groups in total. The van der Waals surface area contributed by atoms with Crippen LogP contribution < -0.4 is 15.8 Å². The molecule has 0 bridgehead atoms. The number of carbonyl (C=O) groups is 1. The third-order valence-corrected chi connectivity index (χ3v) is 6.92. The van der Waals surface area contributed by atoms with Crippen molar-refractivity contribution in [3.63, 3.8) is 0 Å². The van der Waals surface area contributed by atoms with Crippen LogP contribution in [0.1, 0.15) is 48.9 Å². The first-order valence-corrected chi connectivity index (χ1v) is 11.9. The predicted octanol–water partition coefficient (Wildman–Crippen LogP) is 2.61.